The average molecular weight is 329 g/mol. The molecule has 4 aromatic rings. The quantitative estimate of drug-likeness (QED) is 0.538. The molecular weight excluding hydrogens is 308 g/mol. The summed E-state index contributed by atoms with van der Waals surface area (Å²) in [5.41, 5.74) is 7.65. The van der Waals surface area contributed by atoms with E-state index in [1.54, 1.807) is 0 Å². The Kier molecular flexibility index (Phi) is 3.80. The molecule has 0 aliphatic rings. The van der Waals surface area contributed by atoms with E-state index in [1.807, 2.05) is 24.7 Å². The van der Waals surface area contributed by atoms with Crippen molar-refractivity contribution in [2.24, 2.45) is 7.05 Å². The van der Waals surface area contributed by atoms with Gasteiger partial charge in [0.15, 0.2) is 18.4 Å². The van der Waals surface area contributed by atoms with E-state index in [-0.39, 0.29) is 0 Å². The van der Waals surface area contributed by atoms with Crippen molar-refractivity contribution in [3.8, 4) is 11.4 Å². The first-order valence-electron chi connectivity index (χ1n) is 8.46. The Bertz CT molecular complexity index is 1060. The zero-order valence-corrected chi connectivity index (χ0v) is 14.8. The Morgan fingerprint density at radius 2 is 1.84 bits per heavy atom. The molecule has 0 aliphatic heterocycles. The van der Waals surface area contributed by atoms with Gasteiger partial charge in [0.05, 0.1) is 11.4 Å². The minimum absolute atomic E-state index is 0.814. The van der Waals surface area contributed by atoms with Crippen LogP contribution in [-0.2, 0) is 13.6 Å². The number of nitrogens with zero attached hydrogens (tertiary/aromatic N) is 4. The molecule has 2 aromatic carbocycles. The first-order valence-corrected chi connectivity index (χ1v) is 8.46. The minimum Gasteiger partial charge on any atom is -0.266 e. The van der Waals surface area contributed by atoms with Gasteiger partial charge in [0, 0.05) is 18.7 Å². The summed E-state index contributed by atoms with van der Waals surface area (Å²) in [6, 6.07) is 19.0. The highest BCUT2D eigenvalue weighted by atomic mass is 15.3. The number of rotatable bonds is 3. The molecule has 2 heterocycles. The molecule has 0 unspecified atom stereocenters. The number of para-hydroxylation sites is 2. The summed E-state index contributed by atoms with van der Waals surface area (Å²) in [5, 5.41) is 4.46. The number of hydrogen-bond donors (Lipinski definition) is 0. The molecule has 0 bridgehead atoms. The van der Waals surface area contributed by atoms with Crippen molar-refractivity contribution in [2.75, 3.05) is 0 Å². The standard InChI is InChI=1S/C21H21N4/c1-15-7-6-8-17(11-15)13-25-14-19(21-12-16(2)23-24(21)3)22-18-9-4-5-10-20(18)25/h4-12,14H,13H2,1-3H3/q+1. The molecule has 0 saturated heterocycles. The van der Waals surface area contributed by atoms with E-state index < -0.39 is 0 Å². The first kappa shape index (κ1) is 15.5. The summed E-state index contributed by atoms with van der Waals surface area (Å²) in [5.74, 6) is 0. The van der Waals surface area contributed by atoms with Crippen molar-refractivity contribution < 1.29 is 4.57 Å². The van der Waals surface area contributed by atoms with E-state index in [0.717, 1.165) is 34.7 Å². The van der Waals surface area contributed by atoms with Gasteiger partial charge in [-0.05, 0) is 32.0 Å². The van der Waals surface area contributed by atoms with E-state index in [1.165, 1.54) is 11.1 Å². The Labute approximate surface area is 147 Å². The summed E-state index contributed by atoms with van der Waals surface area (Å²) >= 11 is 0. The Balaban J connectivity index is 1.88. The average Bonchev–Trinajstić information content (AvgIpc) is 2.93. The molecule has 4 nitrogen and oxygen atoms in total. The number of fused-ring (bicyclic) bond motifs is 1. The Morgan fingerprint density at radius 3 is 2.60 bits per heavy atom. The van der Waals surface area contributed by atoms with Gasteiger partial charge < -0.3 is 0 Å². The molecule has 0 saturated carbocycles. The van der Waals surface area contributed by atoms with Gasteiger partial charge >= 0.3 is 0 Å². The third kappa shape index (κ3) is 3.03. The Morgan fingerprint density at radius 1 is 1.00 bits per heavy atom. The third-order valence-electron chi connectivity index (χ3n) is 4.41. The maximum atomic E-state index is 4.86. The number of aromatic nitrogens is 4. The van der Waals surface area contributed by atoms with Crippen molar-refractivity contribution >= 4 is 11.0 Å². The lowest BCUT2D eigenvalue weighted by molar-refractivity contribution is -0.662. The molecule has 0 atom stereocenters. The number of aryl methyl sites for hydroxylation is 3. The highest BCUT2D eigenvalue weighted by Gasteiger charge is 2.17. The smallest absolute Gasteiger partial charge is 0.231 e. The van der Waals surface area contributed by atoms with Crippen molar-refractivity contribution in [1.29, 1.82) is 0 Å². The normalized spacial score (nSPS) is 11.2. The van der Waals surface area contributed by atoms with Crippen LogP contribution in [0.1, 0.15) is 16.8 Å². The van der Waals surface area contributed by atoms with E-state index in [0.29, 0.717) is 0 Å². The zero-order chi connectivity index (χ0) is 17.4. The van der Waals surface area contributed by atoms with Crippen molar-refractivity contribution in [3.63, 3.8) is 0 Å². The topological polar surface area (TPSA) is 34.6 Å². The molecule has 0 spiro atoms. The molecule has 25 heavy (non-hydrogen) atoms. The maximum Gasteiger partial charge on any atom is 0.231 e. The number of benzene rings is 2. The van der Waals surface area contributed by atoms with Gasteiger partial charge in [0.2, 0.25) is 5.52 Å². The minimum atomic E-state index is 0.814. The highest BCUT2D eigenvalue weighted by Crippen LogP contribution is 2.19. The van der Waals surface area contributed by atoms with E-state index in [2.05, 4.69) is 71.3 Å². The van der Waals surface area contributed by atoms with Crippen LogP contribution in [0.3, 0.4) is 0 Å². The molecule has 0 fully saturated rings. The summed E-state index contributed by atoms with van der Waals surface area (Å²) in [7, 11) is 1.96. The summed E-state index contributed by atoms with van der Waals surface area (Å²) in [6.45, 7) is 4.95. The summed E-state index contributed by atoms with van der Waals surface area (Å²) in [6.07, 6.45) is 2.13. The van der Waals surface area contributed by atoms with Crippen LogP contribution in [0.5, 0.6) is 0 Å². The molecule has 2 aromatic heterocycles. The molecule has 0 N–H and O–H groups in total. The molecular formula is C21H21N4+. The van der Waals surface area contributed by atoms with Crippen LogP contribution in [0.4, 0.5) is 0 Å². The van der Waals surface area contributed by atoms with Crippen LogP contribution in [-0.4, -0.2) is 14.8 Å². The lowest BCUT2D eigenvalue weighted by Crippen LogP contribution is -2.35. The van der Waals surface area contributed by atoms with Crippen LogP contribution < -0.4 is 4.57 Å². The van der Waals surface area contributed by atoms with Gasteiger partial charge in [0.1, 0.15) is 5.52 Å². The van der Waals surface area contributed by atoms with Crippen molar-refractivity contribution in [3.05, 3.63) is 77.6 Å². The lowest BCUT2D eigenvalue weighted by Gasteiger charge is -2.06. The number of hydrogen-bond acceptors (Lipinski definition) is 2. The zero-order valence-electron chi connectivity index (χ0n) is 14.8. The van der Waals surface area contributed by atoms with Crippen LogP contribution >= 0.6 is 0 Å². The maximum absolute atomic E-state index is 4.86. The fraction of sp³-hybridized carbons (Fsp3) is 0.190. The fourth-order valence-corrected chi connectivity index (χ4v) is 3.29. The van der Waals surface area contributed by atoms with Crippen molar-refractivity contribution in [2.45, 2.75) is 20.4 Å². The highest BCUT2D eigenvalue weighted by molar-refractivity contribution is 5.73. The van der Waals surface area contributed by atoms with E-state index in [9.17, 15) is 0 Å². The van der Waals surface area contributed by atoms with E-state index in [4.69, 9.17) is 4.98 Å². The van der Waals surface area contributed by atoms with Gasteiger partial charge in [-0.25, -0.2) is 4.98 Å². The molecule has 0 amide bonds. The predicted molar refractivity (Wildman–Crippen MR) is 99.2 cm³/mol. The molecule has 4 heteroatoms. The van der Waals surface area contributed by atoms with Gasteiger partial charge in [-0.3, -0.25) is 4.68 Å². The van der Waals surface area contributed by atoms with E-state index >= 15 is 0 Å². The molecule has 4 rings (SSSR count). The van der Waals surface area contributed by atoms with Gasteiger partial charge in [0.25, 0.3) is 0 Å². The van der Waals surface area contributed by atoms with Gasteiger partial charge in [-0.15, -0.1) is 0 Å². The summed E-state index contributed by atoms with van der Waals surface area (Å²) < 4.78 is 4.16. The largest absolute Gasteiger partial charge is 0.266 e. The second kappa shape index (κ2) is 6.13. The first-order chi connectivity index (χ1) is 12.1. The molecule has 124 valence electrons. The monoisotopic (exact) mass is 329 g/mol. The van der Waals surface area contributed by atoms with Crippen LogP contribution in [0.15, 0.2) is 60.8 Å². The SMILES string of the molecule is Cc1cccc(C[n+]2cc(-c3cc(C)nn3C)nc3ccccc32)c1. The van der Waals surface area contributed by atoms with Crippen LogP contribution in [0, 0.1) is 13.8 Å². The molecule has 0 aliphatic carbocycles. The van der Waals surface area contributed by atoms with Gasteiger partial charge in [-0.1, -0.05) is 35.9 Å². The third-order valence-corrected chi connectivity index (χ3v) is 4.41. The Hall–Kier alpha value is -3.01. The predicted octanol–water partition coefficient (Wildman–Crippen LogP) is 3.59. The lowest BCUT2D eigenvalue weighted by atomic mass is 10.1. The fourth-order valence-electron chi connectivity index (χ4n) is 3.29. The van der Waals surface area contributed by atoms with Gasteiger partial charge in [-0.2, -0.15) is 9.67 Å². The van der Waals surface area contributed by atoms with Crippen LogP contribution in [0.25, 0.3) is 22.4 Å². The van der Waals surface area contributed by atoms with Crippen LogP contribution in [0.2, 0.25) is 0 Å². The van der Waals surface area contributed by atoms with Crippen molar-refractivity contribution in [1.82, 2.24) is 14.8 Å². The second-order valence-electron chi connectivity index (χ2n) is 6.53. The molecule has 0 radical (unpaired) electrons. The summed E-state index contributed by atoms with van der Waals surface area (Å²) in [4.78, 5) is 4.86. The second-order valence-corrected chi connectivity index (χ2v) is 6.53.